The predicted molar refractivity (Wildman–Crippen MR) is 103 cm³/mol. The number of carbonyl (C=O) groups excluding carboxylic acids is 1. The van der Waals surface area contributed by atoms with Gasteiger partial charge >= 0.3 is 0 Å². The first-order valence-corrected chi connectivity index (χ1v) is 11.4. The standard InChI is InChI=1S/C19H22N2O3S2/c22-19-18-12-17(7-6-14(18)8-10-20-19)26(23,24)21(16-9-11-25-13-16)15-4-2-1-3-5-15/h6-7,9,11-13,15H,1-5,8,10H2,(H,20,22). The molecule has 2 aliphatic rings. The molecule has 1 amide bonds. The van der Waals surface area contributed by atoms with E-state index in [1.54, 1.807) is 22.5 Å². The lowest BCUT2D eigenvalue weighted by Gasteiger charge is -2.34. The van der Waals surface area contributed by atoms with Crippen LogP contribution >= 0.6 is 11.3 Å². The fourth-order valence-corrected chi connectivity index (χ4v) is 6.33. The van der Waals surface area contributed by atoms with Gasteiger partial charge in [0.25, 0.3) is 15.9 Å². The molecule has 26 heavy (non-hydrogen) atoms. The second-order valence-electron chi connectivity index (χ2n) is 6.90. The highest BCUT2D eigenvalue weighted by Crippen LogP contribution is 2.34. The highest BCUT2D eigenvalue weighted by molar-refractivity contribution is 7.92. The predicted octanol–water partition coefficient (Wildman–Crippen LogP) is 3.56. The van der Waals surface area contributed by atoms with Gasteiger partial charge in [0.15, 0.2) is 0 Å². The van der Waals surface area contributed by atoms with Crippen molar-refractivity contribution in [2.75, 3.05) is 10.8 Å². The molecule has 1 aromatic carbocycles. The third-order valence-electron chi connectivity index (χ3n) is 5.23. The Labute approximate surface area is 158 Å². The summed E-state index contributed by atoms with van der Waals surface area (Å²) in [6.45, 7) is 0.598. The number of rotatable bonds is 4. The summed E-state index contributed by atoms with van der Waals surface area (Å²) in [4.78, 5) is 12.3. The van der Waals surface area contributed by atoms with Crippen LogP contribution in [0.25, 0.3) is 0 Å². The van der Waals surface area contributed by atoms with Gasteiger partial charge in [0.1, 0.15) is 0 Å². The summed E-state index contributed by atoms with van der Waals surface area (Å²) in [5, 5.41) is 6.58. The van der Waals surface area contributed by atoms with Crippen molar-refractivity contribution >= 4 is 33.0 Å². The van der Waals surface area contributed by atoms with Crippen molar-refractivity contribution in [3.8, 4) is 0 Å². The average molecular weight is 391 g/mol. The number of hydrogen-bond acceptors (Lipinski definition) is 4. The normalized spacial score (nSPS) is 18.2. The fourth-order valence-electron chi connectivity index (χ4n) is 3.91. The number of benzene rings is 1. The van der Waals surface area contributed by atoms with Gasteiger partial charge in [0.2, 0.25) is 0 Å². The van der Waals surface area contributed by atoms with E-state index in [0.717, 1.165) is 49.8 Å². The maximum absolute atomic E-state index is 13.5. The summed E-state index contributed by atoms with van der Waals surface area (Å²) in [5.41, 5.74) is 2.11. The van der Waals surface area contributed by atoms with Gasteiger partial charge in [0, 0.05) is 23.5 Å². The molecule has 0 saturated heterocycles. The van der Waals surface area contributed by atoms with Crippen molar-refractivity contribution < 1.29 is 13.2 Å². The third kappa shape index (κ3) is 3.14. The van der Waals surface area contributed by atoms with Crippen molar-refractivity contribution in [3.63, 3.8) is 0 Å². The van der Waals surface area contributed by atoms with E-state index in [9.17, 15) is 13.2 Å². The Morgan fingerprint density at radius 2 is 1.92 bits per heavy atom. The van der Waals surface area contributed by atoms with Gasteiger partial charge in [-0.25, -0.2) is 8.42 Å². The first-order valence-electron chi connectivity index (χ1n) is 9.05. The molecule has 1 aromatic heterocycles. The number of nitrogens with zero attached hydrogens (tertiary/aromatic N) is 1. The number of nitrogens with one attached hydrogen (secondary N) is 1. The summed E-state index contributed by atoms with van der Waals surface area (Å²) < 4.78 is 28.6. The van der Waals surface area contributed by atoms with Crippen LogP contribution < -0.4 is 9.62 Å². The molecule has 0 unspecified atom stereocenters. The summed E-state index contributed by atoms with van der Waals surface area (Å²) in [7, 11) is -3.72. The fraction of sp³-hybridized carbons (Fsp3) is 0.421. The summed E-state index contributed by atoms with van der Waals surface area (Å²) in [5.74, 6) is -0.192. The zero-order chi connectivity index (χ0) is 18.1. The zero-order valence-corrected chi connectivity index (χ0v) is 16.1. The maximum atomic E-state index is 13.5. The Bertz CT molecular complexity index is 901. The summed E-state index contributed by atoms with van der Waals surface area (Å²) >= 11 is 1.50. The molecule has 1 aliphatic heterocycles. The highest BCUT2D eigenvalue weighted by Gasteiger charge is 2.33. The number of fused-ring (bicyclic) bond motifs is 1. The molecule has 5 nitrogen and oxygen atoms in total. The molecule has 0 radical (unpaired) electrons. The van der Waals surface area contributed by atoms with Crippen molar-refractivity contribution in [2.24, 2.45) is 0 Å². The van der Waals surface area contributed by atoms with E-state index in [4.69, 9.17) is 0 Å². The van der Waals surface area contributed by atoms with Gasteiger partial charge in [-0.2, -0.15) is 11.3 Å². The van der Waals surface area contributed by atoms with Crippen LogP contribution in [0, 0.1) is 0 Å². The zero-order valence-electron chi connectivity index (χ0n) is 14.5. The van der Waals surface area contributed by atoms with Crippen molar-refractivity contribution in [2.45, 2.75) is 49.5 Å². The molecular formula is C19H22N2O3S2. The molecule has 0 atom stereocenters. The van der Waals surface area contributed by atoms with Crippen LogP contribution in [0.1, 0.15) is 48.0 Å². The second-order valence-corrected chi connectivity index (χ2v) is 9.49. The van der Waals surface area contributed by atoms with Crippen LogP contribution in [0.2, 0.25) is 0 Å². The molecule has 1 N–H and O–H groups in total. The maximum Gasteiger partial charge on any atom is 0.264 e. The van der Waals surface area contributed by atoms with Gasteiger partial charge in [-0.05, 0) is 48.4 Å². The molecule has 4 rings (SSSR count). The van der Waals surface area contributed by atoms with Crippen molar-refractivity contribution in [1.29, 1.82) is 0 Å². The van der Waals surface area contributed by atoms with Crippen LogP contribution in [0.4, 0.5) is 5.69 Å². The van der Waals surface area contributed by atoms with Crippen LogP contribution in [-0.4, -0.2) is 26.9 Å². The topological polar surface area (TPSA) is 66.5 Å². The molecule has 1 aliphatic carbocycles. The number of amides is 1. The number of sulfonamides is 1. The minimum atomic E-state index is -3.72. The largest absolute Gasteiger partial charge is 0.352 e. The Morgan fingerprint density at radius 3 is 2.65 bits per heavy atom. The first-order chi connectivity index (χ1) is 12.6. The van der Waals surface area contributed by atoms with E-state index in [-0.39, 0.29) is 16.8 Å². The lowest BCUT2D eigenvalue weighted by atomic mass is 9.95. The summed E-state index contributed by atoms with van der Waals surface area (Å²) in [6.07, 6.45) is 5.74. The number of thiophene rings is 1. The van der Waals surface area contributed by atoms with Gasteiger partial charge in [-0.15, -0.1) is 0 Å². The Hall–Kier alpha value is -1.86. The highest BCUT2D eigenvalue weighted by atomic mass is 32.2. The summed E-state index contributed by atoms with van der Waals surface area (Å²) in [6, 6.07) is 6.82. The van der Waals surface area contributed by atoms with E-state index in [1.165, 1.54) is 11.3 Å². The quantitative estimate of drug-likeness (QED) is 0.868. The van der Waals surface area contributed by atoms with Crippen molar-refractivity contribution in [3.05, 3.63) is 46.2 Å². The molecular weight excluding hydrogens is 368 g/mol. The molecule has 2 heterocycles. The Balaban J connectivity index is 1.77. The Kier molecular flexibility index (Phi) is 4.75. The van der Waals surface area contributed by atoms with Crippen molar-refractivity contribution in [1.82, 2.24) is 5.32 Å². The van der Waals surface area contributed by atoms with E-state index in [0.29, 0.717) is 12.1 Å². The van der Waals surface area contributed by atoms with Gasteiger partial charge < -0.3 is 5.32 Å². The minimum Gasteiger partial charge on any atom is -0.352 e. The molecule has 2 aromatic rings. The first kappa shape index (κ1) is 17.5. The Morgan fingerprint density at radius 1 is 1.12 bits per heavy atom. The third-order valence-corrected chi connectivity index (χ3v) is 7.78. The second kappa shape index (κ2) is 7.04. The average Bonchev–Trinajstić information content (AvgIpc) is 3.16. The van der Waals surface area contributed by atoms with E-state index in [2.05, 4.69) is 5.32 Å². The van der Waals surface area contributed by atoms with E-state index in [1.807, 2.05) is 16.8 Å². The van der Waals surface area contributed by atoms with Crippen LogP contribution in [0.15, 0.2) is 39.9 Å². The molecule has 1 saturated carbocycles. The lowest BCUT2D eigenvalue weighted by Crippen LogP contribution is -2.41. The van der Waals surface area contributed by atoms with Gasteiger partial charge in [0.05, 0.1) is 10.6 Å². The monoisotopic (exact) mass is 390 g/mol. The van der Waals surface area contributed by atoms with Crippen LogP contribution in [0.5, 0.6) is 0 Å². The molecule has 0 bridgehead atoms. The van der Waals surface area contributed by atoms with E-state index >= 15 is 0 Å². The lowest BCUT2D eigenvalue weighted by molar-refractivity contribution is 0.0945. The van der Waals surface area contributed by atoms with E-state index < -0.39 is 10.0 Å². The molecule has 7 heteroatoms. The molecule has 1 fully saturated rings. The number of hydrogen-bond donors (Lipinski definition) is 1. The van der Waals surface area contributed by atoms with Gasteiger partial charge in [-0.1, -0.05) is 25.3 Å². The minimum absolute atomic E-state index is 0.0202. The van der Waals surface area contributed by atoms with Crippen LogP contribution in [-0.2, 0) is 16.4 Å². The number of anilines is 1. The number of carbonyl (C=O) groups is 1. The smallest absolute Gasteiger partial charge is 0.264 e. The SMILES string of the molecule is O=C1NCCc2ccc(S(=O)(=O)N(c3ccsc3)C3CCCCC3)cc21. The molecule has 0 spiro atoms. The molecule has 138 valence electrons. The van der Waals surface area contributed by atoms with Crippen LogP contribution in [0.3, 0.4) is 0 Å². The van der Waals surface area contributed by atoms with Gasteiger partial charge in [-0.3, -0.25) is 9.10 Å².